The summed E-state index contributed by atoms with van der Waals surface area (Å²) < 4.78 is 5.19. The molecule has 21 heavy (non-hydrogen) atoms. The summed E-state index contributed by atoms with van der Waals surface area (Å²) in [5.74, 6) is -2.81. The molecule has 3 N–H and O–H groups in total. The quantitative estimate of drug-likeness (QED) is 0.749. The van der Waals surface area contributed by atoms with Gasteiger partial charge in [0.2, 0.25) is 11.8 Å². The van der Waals surface area contributed by atoms with Crippen LogP contribution >= 0.6 is 0 Å². The molecule has 2 fully saturated rings. The van der Waals surface area contributed by atoms with Crippen molar-refractivity contribution in [1.82, 2.24) is 4.90 Å². The number of carboxylic acid groups (broad SMARTS) is 1. The molecule has 1 saturated heterocycles. The number of nitrogens with zero attached hydrogens (tertiary/aromatic N) is 1. The van der Waals surface area contributed by atoms with Crippen molar-refractivity contribution in [3.63, 3.8) is 0 Å². The first-order valence-corrected chi connectivity index (χ1v) is 7.36. The number of aliphatic carboxylic acids is 1. The molecule has 0 aromatic carbocycles. The van der Waals surface area contributed by atoms with E-state index in [1.807, 2.05) is 6.92 Å². The van der Waals surface area contributed by atoms with Gasteiger partial charge in [0.05, 0.1) is 25.0 Å². The number of hydrogen-bond acceptors (Lipinski definition) is 4. The van der Waals surface area contributed by atoms with Crippen LogP contribution in [0.15, 0.2) is 0 Å². The van der Waals surface area contributed by atoms with Crippen LogP contribution in [0.4, 0.5) is 0 Å². The summed E-state index contributed by atoms with van der Waals surface area (Å²) in [4.78, 5) is 36.9. The van der Waals surface area contributed by atoms with E-state index in [-0.39, 0.29) is 25.0 Å². The van der Waals surface area contributed by atoms with E-state index >= 15 is 0 Å². The summed E-state index contributed by atoms with van der Waals surface area (Å²) >= 11 is 0. The Hall–Kier alpha value is -1.63. The first-order chi connectivity index (χ1) is 9.95. The first kappa shape index (κ1) is 15.8. The Bertz CT molecular complexity index is 439. The maximum Gasteiger partial charge on any atom is 0.307 e. The zero-order valence-corrected chi connectivity index (χ0v) is 12.2. The monoisotopic (exact) mass is 298 g/mol. The van der Waals surface area contributed by atoms with Gasteiger partial charge in [0, 0.05) is 6.54 Å². The van der Waals surface area contributed by atoms with E-state index in [0.29, 0.717) is 19.4 Å². The maximum atomic E-state index is 12.7. The van der Waals surface area contributed by atoms with Crippen molar-refractivity contribution in [2.45, 2.75) is 32.2 Å². The highest BCUT2D eigenvalue weighted by Crippen LogP contribution is 2.39. The molecule has 4 atom stereocenters. The third-order valence-corrected chi connectivity index (χ3v) is 4.61. The van der Waals surface area contributed by atoms with E-state index in [2.05, 4.69) is 0 Å². The number of nitrogens with two attached hydrogens (primary N) is 1. The third kappa shape index (κ3) is 3.18. The standard InChI is InChI=1S/C14H22N2O5/c1-2-8-5-9(10(6-8)14(19)20)13(18)16-3-4-21-7-11(16)12(15)17/h8-11H,2-7H2,1H3,(H2,15,17)(H,19,20). The Labute approximate surface area is 123 Å². The highest BCUT2D eigenvalue weighted by Gasteiger charge is 2.45. The van der Waals surface area contributed by atoms with Gasteiger partial charge in [-0.05, 0) is 18.8 Å². The van der Waals surface area contributed by atoms with Crippen LogP contribution in [0.3, 0.4) is 0 Å². The lowest BCUT2D eigenvalue weighted by molar-refractivity contribution is -0.155. The van der Waals surface area contributed by atoms with E-state index in [0.717, 1.165) is 6.42 Å². The number of hydrogen-bond donors (Lipinski definition) is 2. The molecular weight excluding hydrogens is 276 g/mol. The summed E-state index contributed by atoms with van der Waals surface area (Å²) in [5, 5.41) is 9.33. The van der Waals surface area contributed by atoms with Crippen LogP contribution in [-0.4, -0.2) is 53.6 Å². The van der Waals surface area contributed by atoms with E-state index in [4.69, 9.17) is 10.5 Å². The van der Waals surface area contributed by atoms with E-state index in [9.17, 15) is 19.5 Å². The minimum absolute atomic E-state index is 0.0860. The number of rotatable bonds is 4. The molecule has 118 valence electrons. The molecule has 2 rings (SSSR count). The van der Waals surface area contributed by atoms with Gasteiger partial charge in [-0.25, -0.2) is 0 Å². The first-order valence-electron chi connectivity index (χ1n) is 7.36. The van der Waals surface area contributed by atoms with Crippen LogP contribution in [0, 0.1) is 17.8 Å². The van der Waals surface area contributed by atoms with Crippen molar-refractivity contribution >= 4 is 17.8 Å². The Kier molecular flexibility index (Phi) is 4.82. The highest BCUT2D eigenvalue weighted by molar-refractivity contribution is 5.90. The average Bonchev–Trinajstić information content (AvgIpc) is 2.91. The summed E-state index contributed by atoms with van der Waals surface area (Å²) in [6.07, 6.45) is 1.94. The fraction of sp³-hybridized carbons (Fsp3) is 0.786. The Balaban J connectivity index is 2.16. The summed E-state index contributed by atoms with van der Waals surface area (Å²) in [5.41, 5.74) is 5.31. The molecule has 1 aliphatic carbocycles. The molecule has 4 unspecified atom stereocenters. The van der Waals surface area contributed by atoms with Gasteiger partial charge in [0.1, 0.15) is 6.04 Å². The van der Waals surface area contributed by atoms with Crippen molar-refractivity contribution < 1.29 is 24.2 Å². The molecule has 0 spiro atoms. The van der Waals surface area contributed by atoms with Crippen LogP contribution in [0.25, 0.3) is 0 Å². The maximum absolute atomic E-state index is 12.7. The van der Waals surface area contributed by atoms with Crippen LogP contribution in [-0.2, 0) is 19.1 Å². The predicted octanol–water partition coefficient (Wildman–Crippen LogP) is -0.164. The Morgan fingerprint density at radius 3 is 2.52 bits per heavy atom. The lowest BCUT2D eigenvalue weighted by atomic mass is 9.94. The fourth-order valence-corrected chi connectivity index (χ4v) is 3.34. The Morgan fingerprint density at radius 1 is 1.29 bits per heavy atom. The molecular formula is C14H22N2O5. The zero-order valence-electron chi connectivity index (χ0n) is 12.2. The van der Waals surface area contributed by atoms with Gasteiger partial charge in [-0.2, -0.15) is 0 Å². The number of carboxylic acids is 1. The average molecular weight is 298 g/mol. The second kappa shape index (κ2) is 6.43. The number of carbonyl (C=O) groups is 3. The number of carbonyl (C=O) groups excluding carboxylic acids is 2. The molecule has 2 aliphatic rings. The highest BCUT2D eigenvalue weighted by atomic mass is 16.5. The lowest BCUT2D eigenvalue weighted by Gasteiger charge is -2.35. The SMILES string of the molecule is CCC1CC(C(=O)O)C(C(=O)N2CCOCC2C(N)=O)C1. The van der Waals surface area contributed by atoms with Crippen LogP contribution in [0.5, 0.6) is 0 Å². The number of ether oxygens (including phenoxy) is 1. The molecule has 0 bridgehead atoms. The lowest BCUT2D eigenvalue weighted by Crippen LogP contribution is -2.56. The normalized spacial score (nSPS) is 32.9. The second-order valence-electron chi connectivity index (χ2n) is 5.82. The van der Waals surface area contributed by atoms with Gasteiger partial charge in [-0.15, -0.1) is 0 Å². The van der Waals surface area contributed by atoms with Gasteiger partial charge < -0.3 is 20.5 Å². The van der Waals surface area contributed by atoms with Gasteiger partial charge in [-0.1, -0.05) is 13.3 Å². The van der Waals surface area contributed by atoms with Crippen molar-refractivity contribution in [3.05, 3.63) is 0 Å². The third-order valence-electron chi connectivity index (χ3n) is 4.61. The Morgan fingerprint density at radius 2 is 1.95 bits per heavy atom. The van der Waals surface area contributed by atoms with Gasteiger partial charge in [0.15, 0.2) is 0 Å². The smallest absolute Gasteiger partial charge is 0.307 e. The summed E-state index contributed by atoms with van der Waals surface area (Å²) in [6, 6.07) is -0.790. The number of primary amides is 1. The largest absolute Gasteiger partial charge is 0.481 e. The van der Waals surface area contributed by atoms with Crippen molar-refractivity contribution in [3.8, 4) is 0 Å². The molecule has 0 aromatic rings. The zero-order chi connectivity index (χ0) is 15.6. The van der Waals surface area contributed by atoms with Gasteiger partial charge in [-0.3, -0.25) is 14.4 Å². The van der Waals surface area contributed by atoms with Gasteiger partial charge >= 0.3 is 5.97 Å². The van der Waals surface area contributed by atoms with E-state index < -0.39 is 29.8 Å². The van der Waals surface area contributed by atoms with Crippen molar-refractivity contribution in [2.75, 3.05) is 19.8 Å². The second-order valence-corrected chi connectivity index (χ2v) is 5.82. The summed E-state index contributed by atoms with van der Waals surface area (Å²) in [6.45, 7) is 2.71. The predicted molar refractivity (Wildman–Crippen MR) is 73.1 cm³/mol. The van der Waals surface area contributed by atoms with Gasteiger partial charge in [0.25, 0.3) is 0 Å². The summed E-state index contributed by atoms with van der Waals surface area (Å²) in [7, 11) is 0. The molecule has 0 radical (unpaired) electrons. The minimum Gasteiger partial charge on any atom is -0.481 e. The van der Waals surface area contributed by atoms with E-state index in [1.54, 1.807) is 0 Å². The molecule has 7 nitrogen and oxygen atoms in total. The molecule has 1 heterocycles. The van der Waals surface area contributed by atoms with Crippen LogP contribution < -0.4 is 5.73 Å². The van der Waals surface area contributed by atoms with Crippen molar-refractivity contribution in [1.29, 1.82) is 0 Å². The van der Waals surface area contributed by atoms with E-state index in [1.165, 1.54) is 4.90 Å². The minimum atomic E-state index is -0.937. The topological polar surface area (TPSA) is 110 Å². The number of morpholine rings is 1. The number of amides is 2. The van der Waals surface area contributed by atoms with Crippen molar-refractivity contribution in [2.24, 2.45) is 23.5 Å². The van der Waals surface area contributed by atoms with Crippen LogP contribution in [0.2, 0.25) is 0 Å². The molecule has 7 heteroatoms. The fourth-order valence-electron chi connectivity index (χ4n) is 3.34. The molecule has 2 amide bonds. The van der Waals surface area contributed by atoms with Crippen LogP contribution in [0.1, 0.15) is 26.2 Å². The molecule has 0 aromatic heterocycles. The molecule has 1 saturated carbocycles. The molecule has 1 aliphatic heterocycles.